The van der Waals surface area contributed by atoms with Gasteiger partial charge < -0.3 is 9.73 Å². The Morgan fingerprint density at radius 3 is 2.65 bits per heavy atom. The number of nitrogens with zero attached hydrogens (tertiary/aromatic N) is 1. The predicted molar refractivity (Wildman–Crippen MR) is 97.2 cm³/mol. The quantitative estimate of drug-likeness (QED) is 0.823. The second-order valence-electron chi connectivity index (χ2n) is 8.06. The molecule has 1 aromatic rings. The van der Waals surface area contributed by atoms with Gasteiger partial charge in [-0.3, -0.25) is 4.79 Å². The topological polar surface area (TPSA) is 79.6 Å². The molecule has 1 amide bonds. The van der Waals surface area contributed by atoms with Crippen LogP contribution in [-0.4, -0.2) is 38.3 Å². The van der Waals surface area contributed by atoms with E-state index >= 15 is 0 Å². The highest BCUT2D eigenvalue weighted by Crippen LogP contribution is 2.49. The molecule has 7 heteroatoms. The van der Waals surface area contributed by atoms with Crippen LogP contribution in [0.5, 0.6) is 0 Å². The minimum Gasteiger partial charge on any atom is -0.438 e. The number of piperidine rings is 1. The van der Waals surface area contributed by atoms with Crippen LogP contribution in [0.4, 0.5) is 0 Å². The lowest BCUT2D eigenvalue weighted by atomic mass is 9.86. The summed E-state index contributed by atoms with van der Waals surface area (Å²) in [7, 11) is -3.63. The molecule has 144 valence electrons. The van der Waals surface area contributed by atoms with Gasteiger partial charge in [-0.15, -0.1) is 0 Å². The van der Waals surface area contributed by atoms with Crippen molar-refractivity contribution < 1.29 is 17.6 Å². The molecule has 4 rings (SSSR count). The molecule has 0 aromatic carbocycles. The summed E-state index contributed by atoms with van der Waals surface area (Å²) in [6, 6.07) is 2.86. The van der Waals surface area contributed by atoms with Crippen molar-refractivity contribution in [3.63, 3.8) is 0 Å². The maximum Gasteiger partial charge on any atom is 0.287 e. The number of carbonyl (C=O) groups is 1. The number of nitrogens with one attached hydrogen (secondary N) is 1. The van der Waals surface area contributed by atoms with Gasteiger partial charge in [0.2, 0.25) is 5.09 Å². The van der Waals surface area contributed by atoms with E-state index in [4.69, 9.17) is 4.42 Å². The number of carbonyl (C=O) groups excluding carboxylic acids is 1. The number of sulfonamides is 1. The molecular formula is C19H28N2O4S. The third-order valence-corrected chi connectivity index (χ3v) is 8.17. The lowest BCUT2D eigenvalue weighted by molar-refractivity contribution is 0.0916. The fraction of sp³-hybridized carbons (Fsp3) is 0.737. The maximum atomic E-state index is 12.6. The molecular weight excluding hydrogens is 352 g/mol. The van der Waals surface area contributed by atoms with E-state index in [0.29, 0.717) is 19.6 Å². The predicted octanol–water partition coefficient (Wildman–Crippen LogP) is 3.01. The number of rotatable bonds is 6. The van der Waals surface area contributed by atoms with Gasteiger partial charge in [0, 0.05) is 19.6 Å². The summed E-state index contributed by atoms with van der Waals surface area (Å²) in [6.07, 6.45) is 9.21. The van der Waals surface area contributed by atoms with Gasteiger partial charge in [0.1, 0.15) is 0 Å². The highest BCUT2D eigenvalue weighted by atomic mass is 32.2. The fourth-order valence-corrected chi connectivity index (χ4v) is 6.43. The summed E-state index contributed by atoms with van der Waals surface area (Å²) in [5.74, 6) is 2.25. The van der Waals surface area contributed by atoms with Crippen molar-refractivity contribution in [2.24, 2.45) is 17.8 Å². The summed E-state index contributed by atoms with van der Waals surface area (Å²) in [5.41, 5.74) is 0. The smallest absolute Gasteiger partial charge is 0.287 e. The van der Waals surface area contributed by atoms with Crippen LogP contribution in [-0.2, 0) is 10.0 Å². The van der Waals surface area contributed by atoms with Crippen molar-refractivity contribution in [3.8, 4) is 0 Å². The van der Waals surface area contributed by atoms with Gasteiger partial charge in [-0.2, -0.15) is 4.31 Å². The van der Waals surface area contributed by atoms with Gasteiger partial charge in [-0.05, 0) is 68.4 Å². The van der Waals surface area contributed by atoms with E-state index in [-0.39, 0.29) is 16.8 Å². The monoisotopic (exact) mass is 380 g/mol. The van der Waals surface area contributed by atoms with Crippen LogP contribution in [0.3, 0.4) is 0 Å². The van der Waals surface area contributed by atoms with E-state index in [9.17, 15) is 13.2 Å². The number of amides is 1. The first-order chi connectivity index (χ1) is 12.5. The van der Waals surface area contributed by atoms with E-state index in [1.165, 1.54) is 42.1 Å². The number of hydrogen-bond acceptors (Lipinski definition) is 4. The number of hydrogen-bond donors (Lipinski definition) is 1. The third-order valence-electron chi connectivity index (χ3n) is 6.40. The SMILES string of the molecule is O=C(NCCC1CC2CCC1C2)c1ccc(S(=O)(=O)N2CCCCC2)o1. The Kier molecular flexibility index (Phi) is 5.10. The molecule has 2 aliphatic carbocycles. The largest absolute Gasteiger partial charge is 0.438 e. The molecule has 3 fully saturated rings. The van der Waals surface area contributed by atoms with Gasteiger partial charge in [0.05, 0.1) is 0 Å². The van der Waals surface area contributed by atoms with E-state index in [1.54, 1.807) is 0 Å². The molecule has 1 N–H and O–H groups in total. The standard InChI is InChI=1S/C19H28N2O4S/c22-19(20-9-8-16-13-14-4-5-15(16)12-14)17-6-7-18(25-17)26(23,24)21-10-2-1-3-11-21/h6-7,14-16H,1-5,8-13H2,(H,20,22). The average molecular weight is 381 g/mol. The number of furan rings is 1. The summed E-state index contributed by atoms with van der Waals surface area (Å²) in [6.45, 7) is 1.67. The zero-order chi connectivity index (χ0) is 18.1. The van der Waals surface area contributed by atoms with Crippen LogP contribution in [0, 0.1) is 17.8 Å². The van der Waals surface area contributed by atoms with Gasteiger partial charge in [-0.25, -0.2) is 8.42 Å². The molecule has 3 unspecified atom stereocenters. The Morgan fingerprint density at radius 2 is 1.96 bits per heavy atom. The molecule has 3 atom stereocenters. The molecule has 1 aliphatic heterocycles. The highest BCUT2D eigenvalue weighted by Gasteiger charge is 2.38. The maximum absolute atomic E-state index is 12.6. The van der Waals surface area contributed by atoms with Crippen LogP contribution < -0.4 is 5.32 Å². The lowest BCUT2D eigenvalue weighted by Crippen LogP contribution is -2.35. The Morgan fingerprint density at radius 1 is 1.15 bits per heavy atom. The minimum absolute atomic E-state index is 0.0773. The molecule has 1 saturated heterocycles. The summed E-state index contributed by atoms with van der Waals surface area (Å²) >= 11 is 0. The van der Waals surface area contributed by atoms with Crippen LogP contribution in [0.2, 0.25) is 0 Å². The van der Waals surface area contributed by atoms with Crippen molar-refractivity contribution >= 4 is 15.9 Å². The van der Waals surface area contributed by atoms with Crippen molar-refractivity contribution in [3.05, 3.63) is 17.9 Å². The number of fused-ring (bicyclic) bond motifs is 2. The highest BCUT2D eigenvalue weighted by molar-refractivity contribution is 7.89. The molecule has 1 aromatic heterocycles. The molecule has 2 bridgehead atoms. The van der Waals surface area contributed by atoms with Crippen molar-refractivity contribution in [1.29, 1.82) is 0 Å². The normalized spacial score (nSPS) is 29.2. The average Bonchev–Trinajstić information content (AvgIpc) is 3.39. The van der Waals surface area contributed by atoms with Gasteiger partial charge >= 0.3 is 0 Å². The molecule has 3 aliphatic rings. The molecule has 2 heterocycles. The molecule has 2 saturated carbocycles. The summed E-state index contributed by atoms with van der Waals surface area (Å²) in [5, 5.41) is 2.76. The van der Waals surface area contributed by atoms with E-state index < -0.39 is 10.0 Å². The van der Waals surface area contributed by atoms with Gasteiger partial charge in [-0.1, -0.05) is 12.8 Å². The Labute approximate surface area is 155 Å². The van der Waals surface area contributed by atoms with Crippen LogP contribution in [0.15, 0.2) is 21.6 Å². The first-order valence-electron chi connectivity index (χ1n) is 9.92. The van der Waals surface area contributed by atoms with Crippen LogP contribution in [0.1, 0.15) is 61.9 Å². The Balaban J connectivity index is 1.31. The second kappa shape index (κ2) is 7.35. The fourth-order valence-electron chi connectivity index (χ4n) is 5.00. The molecule has 0 radical (unpaired) electrons. The Hall–Kier alpha value is -1.34. The van der Waals surface area contributed by atoms with Crippen molar-refractivity contribution in [2.45, 2.75) is 56.5 Å². The van der Waals surface area contributed by atoms with Gasteiger partial charge in [0.25, 0.3) is 15.9 Å². The van der Waals surface area contributed by atoms with E-state index in [0.717, 1.165) is 43.4 Å². The van der Waals surface area contributed by atoms with Crippen molar-refractivity contribution in [2.75, 3.05) is 19.6 Å². The molecule has 6 nitrogen and oxygen atoms in total. The minimum atomic E-state index is -3.63. The first-order valence-corrected chi connectivity index (χ1v) is 11.4. The first kappa shape index (κ1) is 18.0. The van der Waals surface area contributed by atoms with Crippen LogP contribution >= 0.6 is 0 Å². The van der Waals surface area contributed by atoms with Crippen LogP contribution in [0.25, 0.3) is 0 Å². The second-order valence-corrected chi connectivity index (χ2v) is 9.93. The summed E-state index contributed by atoms with van der Waals surface area (Å²) < 4.78 is 32.0. The van der Waals surface area contributed by atoms with E-state index in [2.05, 4.69) is 5.32 Å². The summed E-state index contributed by atoms with van der Waals surface area (Å²) in [4.78, 5) is 12.3. The molecule has 0 spiro atoms. The zero-order valence-corrected chi connectivity index (χ0v) is 16.0. The van der Waals surface area contributed by atoms with Gasteiger partial charge in [0.15, 0.2) is 5.76 Å². The van der Waals surface area contributed by atoms with E-state index in [1.807, 2.05) is 0 Å². The molecule has 26 heavy (non-hydrogen) atoms. The zero-order valence-electron chi connectivity index (χ0n) is 15.2. The van der Waals surface area contributed by atoms with Crippen molar-refractivity contribution in [1.82, 2.24) is 9.62 Å². The lowest BCUT2D eigenvalue weighted by Gasteiger charge is -2.24. The third kappa shape index (κ3) is 3.56. The Bertz CT molecular complexity index is 751.